The fourth-order valence-corrected chi connectivity index (χ4v) is 1.96. The normalized spacial score (nSPS) is 13.2. The summed E-state index contributed by atoms with van der Waals surface area (Å²) in [5.41, 5.74) is -2.02. The molecule has 140 valence electrons. The summed E-state index contributed by atoms with van der Waals surface area (Å²) in [6, 6.07) is 1.05. The monoisotopic (exact) mass is 365 g/mol. The minimum absolute atomic E-state index is 0.0399. The number of halogens is 4. The number of alkyl carbamates (subject to hydrolysis) is 1. The Balaban J connectivity index is 2.74. The highest BCUT2D eigenvalue weighted by Gasteiger charge is 2.34. The number of aryl methyl sites for hydroxylation is 1. The van der Waals surface area contributed by atoms with Crippen LogP contribution < -0.4 is 5.32 Å². The quantitative estimate of drug-likeness (QED) is 0.779. The zero-order valence-electron chi connectivity index (χ0n) is 13.9. The molecule has 0 aliphatic rings. The van der Waals surface area contributed by atoms with Gasteiger partial charge in [-0.2, -0.15) is 13.2 Å². The Morgan fingerprint density at radius 2 is 1.84 bits per heavy atom. The molecule has 9 heteroatoms. The van der Waals surface area contributed by atoms with Gasteiger partial charge in [0.15, 0.2) is 0 Å². The van der Waals surface area contributed by atoms with Gasteiger partial charge in [0.25, 0.3) is 0 Å². The molecule has 0 bridgehead atoms. The van der Waals surface area contributed by atoms with Crippen LogP contribution in [-0.2, 0) is 22.1 Å². The molecular formula is C16H19F4NO4. The van der Waals surface area contributed by atoms with Crippen molar-refractivity contribution in [2.45, 2.75) is 51.4 Å². The van der Waals surface area contributed by atoms with E-state index in [4.69, 9.17) is 9.84 Å². The summed E-state index contributed by atoms with van der Waals surface area (Å²) >= 11 is 0. The van der Waals surface area contributed by atoms with E-state index in [0.29, 0.717) is 12.1 Å². The first-order valence-electron chi connectivity index (χ1n) is 7.37. The molecule has 1 amide bonds. The molecule has 0 fully saturated rings. The average Bonchev–Trinajstić information content (AvgIpc) is 2.39. The van der Waals surface area contributed by atoms with Crippen LogP contribution in [0, 0.1) is 5.82 Å². The first kappa shape index (κ1) is 20.7. The molecule has 5 nitrogen and oxygen atoms in total. The number of rotatable bonds is 5. The Morgan fingerprint density at radius 3 is 2.28 bits per heavy atom. The molecule has 0 aliphatic heterocycles. The molecule has 1 aromatic rings. The number of ether oxygens (including phenoxy) is 1. The summed E-state index contributed by atoms with van der Waals surface area (Å²) in [4.78, 5) is 22.8. The minimum Gasteiger partial charge on any atom is -0.480 e. The van der Waals surface area contributed by atoms with Crippen LogP contribution in [0.5, 0.6) is 0 Å². The molecule has 0 aliphatic carbocycles. The third kappa shape index (κ3) is 6.98. The number of amides is 1. The number of aliphatic carboxylic acids is 1. The summed E-state index contributed by atoms with van der Waals surface area (Å²) in [6.07, 6.45) is -5.91. The van der Waals surface area contributed by atoms with Gasteiger partial charge in [-0.3, -0.25) is 0 Å². The number of carboxylic acids is 1. The van der Waals surface area contributed by atoms with Crippen LogP contribution in [0.25, 0.3) is 0 Å². The van der Waals surface area contributed by atoms with E-state index in [1.165, 1.54) is 0 Å². The van der Waals surface area contributed by atoms with E-state index in [-0.39, 0.29) is 18.4 Å². The highest BCUT2D eigenvalue weighted by atomic mass is 19.4. The summed E-state index contributed by atoms with van der Waals surface area (Å²) in [6.45, 7) is 4.81. The maximum Gasteiger partial charge on any atom is 0.419 e. The molecule has 25 heavy (non-hydrogen) atoms. The van der Waals surface area contributed by atoms with Gasteiger partial charge < -0.3 is 15.2 Å². The molecule has 2 N–H and O–H groups in total. The van der Waals surface area contributed by atoms with E-state index in [1.807, 2.05) is 0 Å². The van der Waals surface area contributed by atoms with Crippen molar-refractivity contribution in [1.82, 2.24) is 5.32 Å². The van der Waals surface area contributed by atoms with Crippen molar-refractivity contribution in [3.63, 3.8) is 0 Å². The molecule has 0 saturated carbocycles. The molecule has 1 unspecified atom stereocenters. The predicted octanol–water partition coefficient (Wildman–Crippen LogP) is 3.76. The maximum absolute atomic E-state index is 13.5. The second kappa shape index (κ2) is 7.71. The number of hydrogen-bond acceptors (Lipinski definition) is 3. The van der Waals surface area contributed by atoms with Gasteiger partial charge >= 0.3 is 18.2 Å². The summed E-state index contributed by atoms with van der Waals surface area (Å²) < 4.78 is 55.9. The number of carbonyl (C=O) groups excluding carboxylic acids is 1. The molecule has 1 aromatic carbocycles. The van der Waals surface area contributed by atoms with Crippen LogP contribution in [0.15, 0.2) is 18.2 Å². The number of benzene rings is 1. The third-order valence-electron chi connectivity index (χ3n) is 3.05. The zero-order chi connectivity index (χ0) is 19.4. The number of carboxylic acid groups (broad SMARTS) is 1. The van der Waals surface area contributed by atoms with E-state index in [1.54, 1.807) is 20.8 Å². The maximum atomic E-state index is 13.5. The second-order valence-electron chi connectivity index (χ2n) is 6.39. The fourth-order valence-electron chi connectivity index (χ4n) is 1.96. The number of carbonyl (C=O) groups is 2. The van der Waals surface area contributed by atoms with E-state index in [9.17, 15) is 27.2 Å². The first-order chi connectivity index (χ1) is 11.3. The Morgan fingerprint density at radius 1 is 1.24 bits per heavy atom. The van der Waals surface area contributed by atoms with Crippen molar-refractivity contribution in [2.24, 2.45) is 0 Å². The van der Waals surface area contributed by atoms with Gasteiger partial charge in [0.05, 0.1) is 5.56 Å². The summed E-state index contributed by atoms with van der Waals surface area (Å²) in [5, 5.41) is 11.3. The van der Waals surface area contributed by atoms with Gasteiger partial charge in [-0.05, 0) is 51.3 Å². The van der Waals surface area contributed by atoms with Gasteiger partial charge in [0.2, 0.25) is 0 Å². The van der Waals surface area contributed by atoms with Gasteiger partial charge in [0, 0.05) is 0 Å². The third-order valence-corrected chi connectivity index (χ3v) is 3.05. The summed E-state index contributed by atoms with van der Waals surface area (Å²) in [7, 11) is 0. The lowest BCUT2D eigenvalue weighted by Crippen LogP contribution is -2.43. The molecule has 0 saturated heterocycles. The number of alkyl halides is 3. The lowest BCUT2D eigenvalue weighted by atomic mass is 10.0. The Labute approximate surface area is 142 Å². The second-order valence-corrected chi connectivity index (χ2v) is 6.39. The standard InChI is InChI=1S/C16H19F4NO4/c1-15(2,3)25-14(24)21-12(13(22)23)7-5-9-4-6-10(11(17)8-9)16(18,19)20/h4,6,8,12H,5,7H2,1-3H3,(H,21,24)(H,22,23). The Hall–Kier alpha value is -2.32. The van der Waals surface area contributed by atoms with Crippen LogP contribution in [0.2, 0.25) is 0 Å². The van der Waals surface area contributed by atoms with Gasteiger partial charge in [0.1, 0.15) is 17.5 Å². The van der Waals surface area contributed by atoms with Crippen molar-refractivity contribution < 1.29 is 37.0 Å². The molecule has 0 radical (unpaired) electrons. The van der Waals surface area contributed by atoms with Gasteiger partial charge in [-0.15, -0.1) is 0 Å². The topological polar surface area (TPSA) is 75.6 Å². The lowest BCUT2D eigenvalue weighted by Gasteiger charge is -2.22. The number of hydrogen-bond donors (Lipinski definition) is 2. The van der Waals surface area contributed by atoms with Crippen LogP contribution >= 0.6 is 0 Å². The van der Waals surface area contributed by atoms with E-state index < -0.39 is 41.3 Å². The van der Waals surface area contributed by atoms with Crippen molar-refractivity contribution in [2.75, 3.05) is 0 Å². The van der Waals surface area contributed by atoms with Crippen LogP contribution in [0.4, 0.5) is 22.4 Å². The SMILES string of the molecule is CC(C)(C)OC(=O)NC(CCc1ccc(C(F)(F)F)c(F)c1)C(=O)O. The Bertz CT molecular complexity index is 638. The van der Waals surface area contributed by atoms with Crippen LogP contribution in [-0.4, -0.2) is 28.8 Å². The van der Waals surface area contributed by atoms with Gasteiger partial charge in [-0.1, -0.05) is 6.07 Å². The van der Waals surface area contributed by atoms with Crippen molar-refractivity contribution >= 4 is 12.1 Å². The molecular weight excluding hydrogens is 346 g/mol. The Kier molecular flexibility index (Phi) is 6.39. The highest BCUT2D eigenvalue weighted by Crippen LogP contribution is 2.31. The van der Waals surface area contributed by atoms with Crippen molar-refractivity contribution in [3.8, 4) is 0 Å². The van der Waals surface area contributed by atoms with Crippen LogP contribution in [0.3, 0.4) is 0 Å². The van der Waals surface area contributed by atoms with Gasteiger partial charge in [-0.25, -0.2) is 14.0 Å². The molecule has 1 rings (SSSR count). The molecule has 0 heterocycles. The van der Waals surface area contributed by atoms with E-state index >= 15 is 0 Å². The molecule has 0 spiro atoms. The smallest absolute Gasteiger partial charge is 0.419 e. The van der Waals surface area contributed by atoms with E-state index in [2.05, 4.69) is 5.32 Å². The predicted molar refractivity (Wildman–Crippen MR) is 80.5 cm³/mol. The molecule has 1 atom stereocenters. The zero-order valence-corrected chi connectivity index (χ0v) is 13.9. The van der Waals surface area contributed by atoms with Crippen molar-refractivity contribution in [1.29, 1.82) is 0 Å². The number of nitrogens with one attached hydrogen (secondary N) is 1. The average molecular weight is 365 g/mol. The molecule has 0 aromatic heterocycles. The minimum atomic E-state index is -4.80. The lowest BCUT2D eigenvalue weighted by molar-refractivity contribution is -0.140. The summed E-state index contributed by atoms with van der Waals surface area (Å²) in [5.74, 6) is -2.77. The van der Waals surface area contributed by atoms with E-state index in [0.717, 1.165) is 6.07 Å². The fraction of sp³-hybridized carbons (Fsp3) is 0.500. The van der Waals surface area contributed by atoms with Crippen molar-refractivity contribution in [3.05, 3.63) is 35.1 Å². The highest BCUT2D eigenvalue weighted by molar-refractivity contribution is 5.80. The van der Waals surface area contributed by atoms with Crippen LogP contribution in [0.1, 0.15) is 38.3 Å². The first-order valence-corrected chi connectivity index (χ1v) is 7.37. The largest absolute Gasteiger partial charge is 0.480 e.